The summed E-state index contributed by atoms with van der Waals surface area (Å²) in [7, 11) is 0. The number of aromatic nitrogens is 3. The second-order valence-corrected chi connectivity index (χ2v) is 4.36. The fraction of sp³-hybridized carbons (Fsp3) is 0.0667. The number of rotatable bonds is 5. The van der Waals surface area contributed by atoms with E-state index in [1.165, 1.54) is 0 Å². The SMILES string of the molecule is NNc1cn2ccnc2c(OC/C=C/c2ccccc2)n1. The van der Waals surface area contributed by atoms with Gasteiger partial charge in [-0.05, 0) is 11.6 Å². The lowest BCUT2D eigenvalue weighted by atomic mass is 10.2. The number of imidazole rings is 1. The first-order chi connectivity index (χ1) is 10.4. The number of nitrogens with one attached hydrogen (secondary N) is 1. The summed E-state index contributed by atoms with van der Waals surface area (Å²) in [4.78, 5) is 8.47. The molecule has 0 radical (unpaired) electrons. The molecule has 0 spiro atoms. The first-order valence-electron chi connectivity index (χ1n) is 6.51. The van der Waals surface area contributed by atoms with Crippen molar-refractivity contribution in [3.8, 4) is 5.88 Å². The van der Waals surface area contributed by atoms with Crippen molar-refractivity contribution in [2.45, 2.75) is 0 Å². The van der Waals surface area contributed by atoms with Gasteiger partial charge in [0.05, 0.1) is 6.20 Å². The molecule has 0 aliphatic rings. The van der Waals surface area contributed by atoms with E-state index in [1.807, 2.05) is 48.7 Å². The van der Waals surface area contributed by atoms with Gasteiger partial charge in [0.2, 0.25) is 5.65 Å². The van der Waals surface area contributed by atoms with Crippen molar-refractivity contribution in [3.63, 3.8) is 0 Å². The normalized spacial score (nSPS) is 11.1. The predicted octanol–water partition coefficient (Wildman–Crippen LogP) is 2.11. The lowest BCUT2D eigenvalue weighted by Crippen LogP contribution is -2.10. The monoisotopic (exact) mass is 281 g/mol. The number of nitrogens with zero attached hydrogens (tertiary/aromatic N) is 3. The number of hydrazine groups is 1. The van der Waals surface area contributed by atoms with Crippen LogP contribution in [0.2, 0.25) is 0 Å². The minimum Gasteiger partial charge on any atom is -0.471 e. The highest BCUT2D eigenvalue weighted by Gasteiger charge is 2.07. The quantitative estimate of drug-likeness (QED) is 0.553. The summed E-state index contributed by atoms with van der Waals surface area (Å²) >= 11 is 0. The van der Waals surface area contributed by atoms with Crippen LogP contribution in [0.3, 0.4) is 0 Å². The molecule has 106 valence electrons. The molecule has 0 bridgehead atoms. The van der Waals surface area contributed by atoms with Gasteiger partial charge in [0.25, 0.3) is 5.88 Å². The molecule has 0 unspecified atom stereocenters. The molecule has 0 atom stereocenters. The molecule has 0 fully saturated rings. The highest BCUT2D eigenvalue weighted by molar-refractivity contribution is 5.54. The van der Waals surface area contributed by atoms with Crippen molar-refractivity contribution in [2.24, 2.45) is 5.84 Å². The summed E-state index contributed by atoms with van der Waals surface area (Å²) in [6, 6.07) is 10.0. The lowest BCUT2D eigenvalue weighted by Gasteiger charge is -2.06. The van der Waals surface area contributed by atoms with Gasteiger partial charge < -0.3 is 10.2 Å². The number of nitrogens with two attached hydrogens (primary N) is 1. The molecule has 0 aliphatic heterocycles. The standard InChI is InChI=1S/C15H15N5O/c16-19-13-11-20-9-8-17-14(20)15(18-13)21-10-4-7-12-5-2-1-3-6-12/h1-9,11,19H,10,16H2/b7-4+. The van der Waals surface area contributed by atoms with E-state index in [-0.39, 0.29) is 0 Å². The minimum atomic E-state index is 0.401. The Morgan fingerprint density at radius 2 is 2.14 bits per heavy atom. The summed E-state index contributed by atoms with van der Waals surface area (Å²) in [5, 5.41) is 0. The van der Waals surface area contributed by atoms with Crippen LogP contribution >= 0.6 is 0 Å². The Bertz CT molecular complexity index is 751. The molecule has 0 amide bonds. The highest BCUT2D eigenvalue weighted by atomic mass is 16.5. The Labute approximate surface area is 121 Å². The van der Waals surface area contributed by atoms with E-state index >= 15 is 0 Å². The van der Waals surface area contributed by atoms with Crippen molar-refractivity contribution in [3.05, 3.63) is 60.6 Å². The van der Waals surface area contributed by atoms with E-state index in [2.05, 4.69) is 15.4 Å². The Hall–Kier alpha value is -2.86. The van der Waals surface area contributed by atoms with E-state index in [1.54, 1.807) is 16.8 Å². The maximum atomic E-state index is 5.67. The van der Waals surface area contributed by atoms with Crippen molar-refractivity contribution in [1.29, 1.82) is 0 Å². The van der Waals surface area contributed by atoms with Gasteiger partial charge in [-0.1, -0.05) is 36.4 Å². The topological polar surface area (TPSA) is 77.5 Å². The van der Waals surface area contributed by atoms with E-state index in [0.29, 0.717) is 24.0 Å². The van der Waals surface area contributed by atoms with Gasteiger partial charge in [-0.15, -0.1) is 0 Å². The number of hydrogen-bond donors (Lipinski definition) is 2. The van der Waals surface area contributed by atoms with Crippen LogP contribution in [0.25, 0.3) is 11.7 Å². The zero-order chi connectivity index (χ0) is 14.5. The molecule has 3 rings (SSSR count). The third kappa shape index (κ3) is 3.01. The third-order valence-electron chi connectivity index (χ3n) is 2.92. The first kappa shape index (κ1) is 13.1. The first-order valence-corrected chi connectivity index (χ1v) is 6.51. The molecular formula is C15H15N5O. The van der Waals surface area contributed by atoms with E-state index < -0.39 is 0 Å². The average Bonchev–Trinajstić information content (AvgIpc) is 3.00. The molecule has 3 aromatic rings. The molecule has 21 heavy (non-hydrogen) atoms. The predicted molar refractivity (Wildman–Crippen MR) is 81.8 cm³/mol. The molecule has 0 aliphatic carbocycles. The zero-order valence-electron chi connectivity index (χ0n) is 11.3. The van der Waals surface area contributed by atoms with Gasteiger partial charge in [0.1, 0.15) is 6.61 Å². The average molecular weight is 281 g/mol. The molecule has 3 N–H and O–H groups in total. The van der Waals surface area contributed by atoms with Gasteiger partial charge in [-0.3, -0.25) is 4.40 Å². The maximum absolute atomic E-state index is 5.67. The van der Waals surface area contributed by atoms with Crippen LogP contribution in [0.1, 0.15) is 5.56 Å². The van der Waals surface area contributed by atoms with E-state index in [4.69, 9.17) is 10.6 Å². The lowest BCUT2D eigenvalue weighted by molar-refractivity contribution is 0.351. The number of anilines is 1. The number of fused-ring (bicyclic) bond motifs is 1. The van der Waals surface area contributed by atoms with Crippen molar-refractivity contribution in [2.75, 3.05) is 12.0 Å². The van der Waals surface area contributed by atoms with E-state index in [9.17, 15) is 0 Å². The van der Waals surface area contributed by atoms with Crippen LogP contribution in [0.5, 0.6) is 5.88 Å². The van der Waals surface area contributed by atoms with Crippen molar-refractivity contribution in [1.82, 2.24) is 14.4 Å². The Balaban J connectivity index is 1.73. The molecule has 6 heteroatoms. The van der Waals surface area contributed by atoms with Gasteiger partial charge in [0, 0.05) is 12.4 Å². The molecule has 2 heterocycles. The second kappa shape index (κ2) is 6.06. The fourth-order valence-corrected chi connectivity index (χ4v) is 1.94. The Morgan fingerprint density at radius 3 is 2.95 bits per heavy atom. The summed E-state index contributed by atoms with van der Waals surface area (Å²) in [5.41, 5.74) is 4.29. The molecule has 2 aromatic heterocycles. The van der Waals surface area contributed by atoms with Crippen LogP contribution in [0.4, 0.5) is 5.82 Å². The second-order valence-electron chi connectivity index (χ2n) is 4.36. The number of hydrogen-bond acceptors (Lipinski definition) is 5. The molecule has 0 saturated carbocycles. The van der Waals surface area contributed by atoms with Gasteiger partial charge in [0.15, 0.2) is 5.82 Å². The smallest absolute Gasteiger partial charge is 0.260 e. The fourth-order valence-electron chi connectivity index (χ4n) is 1.94. The number of benzene rings is 1. The van der Waals surface area contributed by atoms with Crippen LogP contribution in [-0.2, 0) is 0 Å². The maximum Gasteiger partial charge on any atom is 0.260 e. The van der Waals surface area contributed by atoms with Crippen LogP contribution in [0.15, 0.2) is 55.0 Å². The van der Waals surface area contributed by atoms with Crippen LogP contribution in [0, 0.1) is 0 Å². The molecule has 1 aromatic carbocycles. The van der Waals surface area contributed by atoms with Crippen molar-refractivity contribution < 1.29 is 4.74 Å². The third-order valence-corrected chi connectivity index (χ3v) is 2.92. The van der Waals surface area contributed by atoms with Gasteiger partial charge in [-0.25, -0.2) is 10.8 Å². The summed E-state index contributed by atoms with van der Waals surface area (Å²) < 4.78 is 7.47. The number of ether oxygens (including phenoxy) is 1. The largest absolute Gasteiger partial charge is 0.471 e. The molecular weight excluding hydrogens is 266 g/mol. The van der Waals surface area contributed by atoms with Crippen LogP contribution < -0.4 is 16.0 Å². The summed E-state index contributed by atoms with van der Waals surface area (Å²) in [5.74, 6) is 6.35. The summed E-state index contributed by atoms with van der Waals surface area (Å²) in [6.45, 7) is 0.401. The van der Waals surface area contributed by atoms with E-state index in [0.717, 1.165) is 5.56 Å². The molecule has 6 nitrogen and oxygen atoms in total. The van der Waals surface area contributed by atoms with Crippen LogP contribution in [-0.4, -0.2) is 21.0 Å². The summed E-state index contributed by atoms with van der Waals surface area (Å²) in [6.07, 6.45) is 9.16. The van der Waals surface area contributed by atoms with Gasteiger partial charge in [-0.2, -0.15) is 4.98 Å². The highest BCUT2D eigenvalue weighted by Crippen LogP contribution is 2.18. The zero-order valence-corrected chi connectivity index (χ0v) is 11.3. The molecule has 0 saturated heterocycles. The Kier molecular flexibility index (Phi) is 3.79. The van der Waals surface area contributed by atoms with Gasteiger partial charge >= 0.3 is 0 Å². The number of nitrogen functional groups attached to an aromatic ring is 1. The van der Waals surface area contributed by atoms with Crippen molar-refractivity contribution >= 4 is 17.5 Å². The minimum absolute atomic E-state index is 0.401. The Morgan fingerprint density at radius 1 is 1.29 bits per heavy atom.